The lowest BCUT2D eigenvalue weighted by atomic mass is 9.98. The lowest BCUT2D eigenvalue weighted by Gasteiger charge is -2.40. The Balaban J connectivity index is 1.64. The van der Waals surface area contributed by atoms with Gasteiger partial charge in [0.05, 0.1) is 13.2 Å². The lowest BCUT2D eigenvalue weighted by molar-refractivity contribution is 0.0367. The van der Waals surface area contributed by atoms with E-state index in [0.717, 1.165) is 32.5 Å². The van der Waals surface area contributed by atoms with Gasteiger partial charge in [-0.1, -0.05) is 0 Å². The number of carbonyl (C=O) groups excluding carboxylic acids is 1. The third-order valence-corrected chi connectivity index (χ3v) is 4.76. The van der Waals surface area contributed by atoms with Crippen LogP contribution in [0.25, 0.3) is 0 Å². The van der Waals surface area contributed by atoms with Gasteiger partial charge < -0.3 is 19.9 Å². The van der Waals surface area contributed by atoms with Gasteiger partial charge >= 0.3 is 6.03 Å². The number of urea groups is 1. The standard InChI is InChI=1S/C14H25N3O2/c1-2-17(14(18)16-5-7-19-8-6-16)13-9-11-3-4-12(10-13)15-11/h11-13,15H,2-10H2,1H3. The molecular formula is C14H25N3O2. The average Bonchev–Trinajstić information content (AvgIpc) is 2.79. The van der Waals surface area contributed by atoms with Crippen LogP contribution in [-0.2, 0) is 4.74 Å². The van der Waals surface area contributed by atoms with Crippen molar-refractivity contribution < 1.29 is 9.53 Å². The van der Waals surface area contributed by atoms with Gasteiger partial charge in [-0.2, -0.15) is 0 Å². The molecule has 0 spiro atoms. The summed E-state index contributed by atoms with van der Waals surface area (Å²) in [6.07, 6.45) is 4.82. The molecule has 3 fully saturated rings. The summed E-state index contributed by atoms with van der Waals surface area (Å²) < 4.78 is 5.33. The summed E-state index contributed by atoms with van der Waals surface area (Å²) >= 11 is 0. The molecule has 0 radical (unpaired) electrons. The van der Waals surface area contributed by atoms with Crippen LogP contribution >= 0.6 is 0 Å². The molecule has 0 aromatic carbocycles. The van der Waals surface area contributed by atoms with Crippen molar-refractivity contribution >= 4 is 6.03 Å². The summed E-state index contributed by atoms with van der Waals surface area (Å²) in [4.78, 5) is 16.7. The first-order valence-corrected chi connectivity index (χ1v) is 7.67. The second kappa shape index (κ2) is 5.67. The molecule has 108 valence electrons. The molecule has 3 saturated heterocycles. The number of carbonyl (C=O) groups is 1. The number of amides is 2. The van der Waals surface area contributed by atoms with E-state index in [-0.39, 0.29) is 6.03 Å². The maximum Gasteiger partial charge on any atom is 0.320 e. The van der Waals surface area contributed by atoms with Crippen molar-refractivity contribution in [1.29, 1.82) is 0 Å². The Kier molecular flexibility index (Phi) is 3.93. The smallest absolute Gasteiger partial charge is 0.320 e. The fraction of sp³-hybridized carbons (Fsp3) is 0.929. The van der Waals surface area contributed by atoms with Crippen LogP contribution in [0.2, 0.25) is 0 Å². The largest absolute Gasteiger partial charge is 0.378 e. The molecule has 2 atom stereocenters. The number of nitrogens with zero attached hydrogens (tertiary/aromatic N) is 2. The third-order valence-electron chi connectivity index (χ3n) is 4.76. The molecule has 0 aromatic heterocycles. The number of hydrogen-bond acceptors (Lipinski definition) is 3. The number of ether oxygens (including phenoxy) is 1. The second-order valence-electron chi connectivity index (χ2n) is 5.93. The van der Waals surface area contributed by atoms with Crippen LogP contribution < -0.4 is 5.32 Å². The Morgan fingerprint density at radius 3 is 2.47 bits per heavy atom. The fourth-order valence-corrected chi connectivity index (χ4v) is 3.77. The quantitative estimate of drug-likeness (QED) is 0.813. The Labute approximate surface area is 115 Å². The molecule has 2 unspecified atom stereocenters. The average molecular weight is 267 g/mol. The van der Waals surface area contributed by atoms with E-state index in [2.05, 4.69) is 17.1 Å². The first kappa shape index (κ1) is 13.2. The van der Waals surface area contributed by atoms with Crippen molar-refractivity contribution in [2.45, 2.75) is 50.7 Å². The molecule has 2 bridgehead atoms. The van der Waals surface area contributed by atoms with Crippen molar-refractivity contribution in [1.82, 2.24) is 15.1 Å². The van der Waals surface area contributed by atoms with Gasteiger partial charge in [0.2, 0.25) is 0 Å². The van der Waals surface area contributed by atoms with Crippen LogP contribution in [0.15, 0.2) is 0 Å². The van der Waals surface area contributed by atoms with Gasteiger partial charge in [0.1, 0.15) is 0 Å². The summed E-state index contributed by atoms with van der Waals surface area (Å²) in [5, 5.41) is 3.65. The van der Waals surface area contributed by atoms with Gasteiger partial charge in [-0.05, 0) is 32.6 Å². The molecule has 1 N–H and O–H groups in total. The highest BCUT2D eigenvalue weighted by Crippen LogP contribution is 2.30. The van der Waals surface area contributed by atoms with Crippen LogP contribution in [0.5, 0.6) is 0 Å². The van der Waals surface area contributed by atoms with Crippen LogP contribution in [-0.4, -0.2) is 66.8 Å². The van der Waals surface area contributed by atoms with Crippen LogP contribution in [0.4, 0.5) is 4.79 Å². The Morgan fingerprint density at radius 1 is 1.26 bits per heavy atom. The number of hydrogen-bond donors (Lipinski definition) is 1. The molecule has 3 aliphatic rings. The van der Waals surface area contributed by atoms with Crippen LogP contribution in [0, 0.1) is 0 Å². The molecule has 3 heterocycles. The monoisotopic (exact) mass is 267 g/mol. The van der Waals surface area contributed by atoms with E-state index in [9.17, 15) is 4.79 Å². The minimum atomic E-state index is 0.220. The second-order valence-corrected chi connectivity index (χ2v) is 5.93. The van der Waals surface area contributed by atoms with Crippen molar-refractivity contribution in [3.05, 3.63) is 0 Å². The SMILES string of the molecule is CCN(C(=O)N1CCOCC1)C1CC2CCC(C1)N2. The Hall–Kier alpha value is -0.810. The van der Waals surface area contributed by atoms with Gasteiger partial charge in [-0.25, -0.2) is 4.79 Å². The molecule has 3 aliphatic heterocycles. The fourth-order valence-electron chi connectivity index (χ4n) is 3.77. The van der Waals surface area contributed by atoms with E-state index >= 15 is 0 Å². The molecule has 3 rings (SSSR count). The van der Waals surface area contributed by atoms with E-state index in [4.69, 9.17) is 4.74 Å². The normalized spacial score (nSPS) is 34.4. The number of piperidine rings is 1. The minimum Gasteiger partial charge on any atom is -0.378 e. The van der Waals surface area contributed by atoms with Crippen LogP contribution in [0.1, 0.15) is 32.6 Å². The van der Waals surface area contributed by atoms with E-state index in [1.807, 2.05) is 4.90 Å². The zero-order valence-electron chi connectivity index (χ0n) is 11.8. The van der Waals surface area contributed by atoms with E-state index < -0.39 is 0 Å². The Bertz CT molecular complexity index is 319. The third kappa shape index (κ3) is 2.72. The number of rotatable bonds is 2. The predicted octanol–water partition coefficient (Wildman–Crippen LogP) is 1.04. The summed E-state index contributed by atoms with van der Waals surface area (Å²) in [7, 11) is 0. The first-order chi connectivity index (χ1) is 9.28. The highest BCUT2D eigenvalue weighted by molar-refractivity contribution is 5.75. The van der Waals surface area contributed by atoms with Gasteiger partial charge in [-0.15, -0.1) is 0 Å². The number of morpholine rings is 1. The minimum absolute atomic E-state index is 0.220. The zero-order chi connectivity index (χ0) is 13.2. The number of fused-ring (bicyclic) bond motifs is 2. The molecule has 0 aliphatic carbocycles. The van der Waals surface area contributed by atoms with Crippen molar-refractivity contribution in [3.8, 4) is 0 Å². The van der Waals surface area contributed by atoms with E-state index in [1.165, 1.54) is 12.8 Å². The highest BCUT2D eigenvalue weighted by atomic mass is 16.5. The van der Waals surface area contributed by atoms with Crippen molar-refractivity contribution in [3.63, 3.8) is 0 Å². The summed E-state index contributed by atoms with van der Waals surface area (Å²) in [5.74, 6) is 0. The molecule has 0 saturated carbocycles. The number of nitrogens with one attached hydrogen (secondary N) is 1. The zero-order valence-corrected chi connectivity index (χ0v) is 11.8. The predicted molar refractivity (Wildman–Crippen MR) is 73.1 cm³/mol. The lowest BCUT2D eigenvalue weighted by Crippen LogP contribution is -2.55. The molecular weight excluding hydrogens is 242 g/mol. The highest BCUT2D eigenvalue weighted by Gasteiger charge is 2.38. The van der Waals surface area contributed by atoms with Gasteiger partial charge in [0.15, 0.2) is 0 Å². The van der Waals surface area contributed by atoms with Gasteiger partial charge in [-0.3, -0.25) is 0 Å². The molecule has 19 heavy (non-hydrogen) atoms. The molecule has 5 heteroatoms. The first-order valence-electron chi connectivity index (χ1n) is 7.67. The summed E-state index contributed by atoms with van der Waals surface area (Å²) in [6, 6.07) is 1.92. The maximum atomic E-state index is 12.6. The maximum absolute atomic E-state index is 12.6. The van der Waals surface area contributed by atoms with E-state index in [1.54, 1.807) is 0 Å². The van der Waals surface area contributed by atoms with Crippen molar-refractivity contribution in [2.24, 2.45) is 0 Å². The van der Waals surface area contributed by atoms with Crippen molar-refractivity contribution in [2.75, 3.05) is 32.8 Å². The van der Waals surface area contributed by atoms with E-state index in [0.29, 0.717) is 31.3 Å². The van der Waals surface area contributed by atoms with Gasteiger partial charge in [0, 0.05) is 37.8 Å². The summed E-state index contributed by atoms with van der Waals surface area (Å²) in [5.41, 5.74) is 0. The molecule has 2 amide bonds. The molecule has 5 nitrogen and oxygen atoms in total. The molecule has 0 aromatic rings. The van der Waals surface area contributed by atoms with Crippen LogP contribution in [0.3, 0.4) is 0 Å². The van der Waals surface area contributed by atoms with Gasteiger partial charge in [0.25, 0.3) is 0 Å². The Morgan fingerprint density at radius 2 is 1.89 bits per heavy atom. The topological polar surface area (TPSA) is 44.8 Å². The summed E-state index contributed by atoms with van der Waals surface area (Å²) in [6.45, 7) is 5.77.